The highest BCUT2D eigenvalue weighted by atomic mass is 16.3. The maximum Gasteiger partial charge on any atom is 0.251 e. The fourth-order valence-electron chi connectivity index (χ4n) is 1.92. The predicted octanol–water partition coefficient (Wildman–Crippen LogP) is 2.42. The van der Waals surface area contributed by atoms with Crippen molar-refractivity contribution in [3.63, 3.8) is 0 Å². The number of aliphatic hydroxyl groups is 1. The van der Waals surface area contributed by atoms with E-state index in [2.05, 4.69) is 17.2 Å². The van der Waals surface area contributed by atoms with Gasteiger partial charge in [-0.05, 0) is 43.7 Å². The molecule has 108 valence electrons. The van der Waals surface area contributed by atoms with Gasteiger partial charge in [-0.3, -0.25) is 4.79 Å². The summed E-state index contributed by atoms with van der Waals surface area (Å²) in [6.07, 6.45) is 1.58. The molecule has 0 spiro atoms. The Morgan fingerprint density at radius 2 is 2.24 bits per heavy atom. The zero-order valence-corrected chi connectivity index (χ0v) is 12.0. The zero-order chi connectivity index (χ0) is 15.2. The van der Waals surface area contributed by atoms with Crippen molar-refractivity contribution in [2.75, 3.05) is 6.61 Å². The molecule has 2 rings (SSSR count). The fourth-order valence-corrected chi connectivity index (χ4v) is 1.92. The minimum Gasteiger partial charge on any atom is -0.467 e. The van der Waals surface area contributed by atoms with Crippen LogP contribution in [0.4, 0.5) is 0 Å². The Kier molecular flexibility index (Phi) is 4.81. The van der Waals surface area contributed by atoms with Crippen molar-refractivity contribution in [2.24, 2.45) is 0 Å². The van der Waals surface area contributed by atoms with E-state index in [1.165, 1.54) is 0 Å². The van der Waals surface area contributed by atoms with E-state index in [1.54, 1.807) is 24.5 Å². The van der Waals surface area contributed by atoms with E-state index < -0.39 is 0 Å². The number of aryl methyl sites for hydroxylation is 1. The lowest BCUT2D eigenvalue weighted by atomic mass is 10.0. The van der Waals surface area contributed by atoms with Crippen LogP contribution in [0, 0.1) is 18.8 Å². The molecule has 1 amide bonds. The first-order chi connectivity index (χ1) is 10.1. The summed E-state index contributed by atoms with van der Waals surface area (Å²) in [5.74, 6) is 5.95. The number of furan rings is 1. The van der Waals surface area contributed by atoms with E-state index in [1.807, 2.05) is 26.0 Å². The standard InChI is InChI=1S/C17H17NO3/c1-12-7-8-15(11-14(12)5-3-9-19)17(20)18-13(2)16-6-4-10-21-16/h4,6-8,10-11,13,19H,9H2,1-2H3,(H,18,20). The molecular weight excluding hydrogens is 266 g/mol. The van der Waals surface area contributed by atoms with E-state index in [4.69, 9.17) is 9.52 Å². The number of amides is 1. The summed E-state index contributed by atoms with van der Waals surface area (Å²) in [6.45, 7) is 3.57. The van der Waals surface area contributed by atoms with Gasteiger partial charge < -0.3 is 14.8 Å². The summed E-state index contributed by atoms with van der Waals surface area (Å²) >= 11 is 0. The van der Waals surface area contributed by atoms with Crippen LogP contribution in [0.3, 0.4) is 0 Å². The Morgan fingerprint density at radius 1 is 1.43 bits per heavy atom. The monoisotopic (exact) mass is 283 g/mol. The second-order valence-electron chi connectivity index (χ2n) is 4.70. The second-order valence-corrected chi connectivity index (χ2v) is 4.70. The van der Waals surface area contributed by atoms with Gasteiger partial charge in [0.05, 0.1) is 12.3 Å². The average molecular weight is 283 g/mol. The summed E-state index contributed by atoms with van der Waals surface area (Å²) in [5.41, 5.74) is 2.23. The van der Waals surface area contributed by atoms with Gasteiger partial charge in [-0.1, -0.05) is 17.9 Å². The first-order valence-corrected chi connectivity index (χ1v) is 6.66. The van der Waals surface area contributed by atoms with Crippen molar-refractivity contribution >= 4 is 5.91 Å². The van der Waals surface area contributed by atoms with Crippen LogP contribution in [0.25, 0.3) is 0 Å². The fraction of sp³-hybridized carbons (Fsp3) is 0.235. The van der Waals surface area contributed by atoms with Gasteiger partial charge in [0.25, 0.3) is 5.91 Å². The van der Waals surface area contributed by atoms with Gasteiger partial charge >= 0.3 is 0 Å². The van der Waals surface area contributed by atoms with Gasteiger partial charge in [0.15, 0.2) is 0 Å². The number of hydrogen-bond acceptors (Lipinski definition) is 3. The minimum absolute atomic E-state index is 0.189. The summed E-state index contributed by atoms with van der Waals surface area (Å²) in [6, 6.07) is 8.71. The van der Waals surface area contributed by atoms with Crippen LogP contribution >= 0.6 is 0 Å². The lowest BCUT2D eigenvalue weighted by Gasteiger charge is -2.12. The van der Waals surface area contributed by atoms with Crippen molar-refractivity contribution < 1.29 is 14.3 Å². The van der Waals surface area contributed by atoms with Crippen molar-refractivity contribution in [3.05, 3.63) is 59.0 Å². The molecule has 2 aromatic rings. The molecule has 1 atom stereocenters. The molecule has 0 aliphatic heterocycles. The number of nitrogens with one attached hydrogen (secondary N) is 1. The van der Waals surface area contributed by atoms with Gasteiger partial charge in [-0.15, -0.1) is 0 Å². The molecule has 21 heavy (non-hydrogen) atoms. The van der Waals surface area contributed by atoms with Crippen LogP contribution < -0.4 is 5.32 Å². The van der Waals surface area contributed by atoms with Crippen molar-refractivity contribution in [3.8, 4) is 11.8 Å². The van der Waals surface area contributed by atoms with Crippen molar-refractivity contribution in [1.29, 1.82) is 0 Å². The predicted molar refractivity (Wildman–Crippen MR) is 79.7 cm³/mol. The molecule has 0 aliphatic rings. The van der Waals surface area contributed by atoms with Gasteiger partial charge in [0.2, 0.25) is 0 Å². The molecule has 0 fully saturated rings. The van der Waals surface area contributed by atoms with Crippen LogP contribution in [-0.4, -0.2) is 17.6 Å². The van der Waals surface area contributed by atoms with Crippen LogP contribution in [0.1, 0.15) is 40.2 Å². The topological polar surface area (TPSA) is 62.5 Å². The smallest absolute Gasteiger partial charge is 0.251 e. The quantitative estimate of drug-likeness (QED) is 0.850. The third-order valence-corrected chi connectivity index (χ3v) is 3.12. The third-order valence-electron chi connectivity index (χ3n) is 3.12. The Hall–Kier alpha value is -2.51. The van der Waals surface area contributed by atoms with E-state index >= 15 is 0 Å². The number of carbonyl (C=O) groups excluding carboxylic acids is 1. The minimum atomic E-state index is -0.208. The molecule has 0 bridgehead atoms. The molecule has 1 unspecified atom stereocenters. The van der Waals surface area contributed by atoms with E-state index in [-0.39, 0.29) is 18.6 Å². The summed E-state index contributed by atoms with van der Waals surface area (Å²) in [5, 5.41) is 11.6. The van der Waals surface area contributed by atoms with Crippen LogP contribution in [0.15, 0.2) is 41.0 Å². The molecular formula is C17H17NO3. The lowest BCUT2D eigenvalue weighted by molar-refractivity contribution is 0.0935. The molecule has 1 aromatic carbocycles. The number of benzene rings is 1. The SMILES string of the molecule is Cc1ccc(C(=O)NC(C)c2ccco2)cc1C#CCO. The molecule has 0 radical (unpaired) electrons. The summed E-state index contributed by atoms with van der Waals surface area (Å²) < 4.78 is 5.26. The molecule has 4 heteroatoms. The Morgan fingerprint density at radius 3 is 2.90 bits per heavy atom. The molecule has 0 saturated heterocycles. The Bertz CT molecular complexity index is 678. The molecule has 1 aromatic heterocycles. The lowest BCUT2D eigenvalue weighted by Crippen LogP contribution is -2.26. The molecule has 2 N–H and O–H groups in total. The normalized spacial score (nSPS) is 11.4. The highest BCUT2D eigenvalue weighted by molar-refractivity contribution is 5.94. The zero-order valence-electron chi connectivity index (χ0n) is 12.0. The van der Waals surface area contributed by atoms with Crippen LogP contribution in [0.5, 0.6) is 0 Å². The van der Waals surface area contributed by atoms with Gasteiger partial charge in [0.1, 0.15) is 12.4 Å². The van der Waals surface area contributed by atoms with Crippen molar-refractivity contribution in [1.82, 2.24) is 5.32 Å². The second kappa shape index (κ2) is 6.78. The third kappa shape index (κ3) is 3.74. The Labute approximate surface area is 123 Å². The maximum atomic E-state index is 12.2. The number of hydrogen-bond donors (Lipinski definition) is 2. The maximum absolute atomic E-state index is 12.2. The number of rotatable bonds is 3. The summed E-state index contributed by atoms with van der Waals surface area (Å²) in [7, 11) is 0. The molecule has 1 heterocycles. The van der Waals surface area contributed by atoms with E-state index in [9.17, 15) is 4.79 Å². The molecule has 0 saturated carbocycles. The first-order valence-electron chi connectivity index (χ1n) is 6.66. The largest absolute Gasteiger partial charge is 0.467 e. The highest BCUT2D eigenvalue weighted by Gasteiger charge is 2.13. The van der Waals surface area contributed by atoms with Crippen LogP contribution in [-0.2, 0) is 0 Å². The van der Waals surface area contributed by atoms with E-state index in [0.717, 1.165) is 11.1 Å². The highest BCUT2D eigenvalue weighted by Crippen LogP contribution is 2.15. The Balaban J connectivity index is 2.16. The van der Waals surface area contributed by atoms with Gasteiger partial charge in [-0.25, -0.2) is 0 Å². The number of carbonyl (C=O) groups is 1. The van der Waals surface area contributed by atoms with Gasteiger partial charge in [-0.2, -0.15) is 0 Å². The van der Waals surface area contributed by atoms with E-state index in [0.29, 0.717) is 11.3 Å². The average Bonchev–Trinajstić information content (AvgIpc) is 3.00. The van der Waals surface area contributed by atoms with Crippen molar-refractivity contribution in [2.45, 2.75) is 19.9 Å². The molecule has 4 nitrogen and oxygen atoms in total. The van der Waals surface area contributed by atoms with Crippen LogP contribution in [0.2, 0.25) is 0 Å². The number of aliphatic hydroxyl groups excluding tert-OH is 1. The summed E-state index contributed by atoms with van der Waals surface area (Å²) in [4.78, 5) is 12.2. The first kappa shape index (κ1) is 14.9. The van der Waals surface area contributed by atoms with Gasteiger partial charge in [0, 0.05) is 11.1 Å². The molecule has 0 aliphatic carbocycles.